The van der Waals surface area contributed by atoms with Gasteiger partial charge in [-0.3, -0.25) is 9.78 Å². The third kappa shape index (κ3) is 4.85. The van der Waals surface area contributed by atoms with E-state index in [1.165, 1.54) is 0 Å². The molecule has 0 radical (unpaired) electrons. The maximum absolute atomic E-state index is 12.5. The fraction of sp³-hybridized carbons (Fsp3) is 0.556. The highest BCUT2D eigenvalue weighted by Crippen LogP contribution is 2.17. The molecule has 3 heterocycles. The summed E-state index contributed by atoms with van der Waals surface area (Å²) in [6.45, 7) is 5.70. The third-order valence-corrected chi connectivity index (χ3v) is 4.25. The lowest BCUT2D eigenvalue weighted by Crippen LogP contribution is -2.43. The van der Waals surface area contributed by atoms with Crippen LogP contribution < -0.4 is 0 Å². The number of hydrogen-bond acceptors (Lipinski definition) is 6. The number of aromatic nitrogens is 3. The fourth-order valence-electron chi connectivity index (χ4n) is 2.84. The van der Waals surface area contributed by atoms with Crippen LogP contribution in [0.4, 0.5) is 0 Å². The minimum absolute atomic E-state index is 0.000924. The van der Waals surface area contributed by atoms with Crippen molar-refractivity contribution >= 4 is 5.91 Å². The van der Waals surface area contributed by atoms with Gasteiger partial charge in [-0.1, -0.05) is 25.1 Å². The highest BCUT2D eigenvalue weighted by molar-refractivity contribution is 5.78. The molecule has 0 N–H and O–H groups in total. The van der Waals surface area contributed by atoms with Crippen LogP contribution in [-0.2, 0) is 22.6 Å². The van der Waals surface area contributed by atoms with Crippen LogP contribution in [-0.4, -0.2) is 45.1 Å². The Bertz CT molecular complexity index is 687. The van der Waals surface area contributed by atoms with E-state index >= 15 is 0 Å². The Labute approximate surface area is 147 Å². The van der Waals surface area contributed by atoms with Crippen LogP contribution in [0.2, 0.25) is 0 Å². The molecule has 3 rings (SSSR count). The lowest BCUT2D eigenvalue weighted by Gasteiger charge is -2.32. The van der Waals surface area contributed by atoms with E-state index in [2.05, 4.69) is 15.1 Å². The van der Waals surface area contributed by atoms with Crippen molar-refractivity contribution in [1.82, 2.24) is 20.0 Å². The monoisotopic (exact) mass is 344 g/mol. The zero-order valence-corrected chi connectivity index (χ0v) is 14.7. The molecule has 1 atom stereocenters. The number of likely N-dealkylation sites (tertiary alicyclic amines) is 1. The quantitative estimate of drug-likeness (QED) is 0.800. The van der Waals surface area contributed by atoms with Crippen molar-refractivity contribution in [1.29, 1.82) is 0 Å². The van der Waals surface area contributed by atoms with E-state index in [1.807, 2.05) is 30.9 Å². The summed E-state index contributed by atoms with van der Waals surface area (Å²) in [6.07, 6.45) is 5.69. The van der Waals surface area contributed by atoms with Crippen molar-refractivity contribution in [2.45, 2.75) is 51.7 Å². The number of rotatable bonds is 6. The summed E-state index contributed by atoms with van der Waals surface area (Å²) < 4.78 is 11.1. The van der Waals surface area contributed by atoms with Gasteiger partial charge < -0.3 is 14.2 Å². The van der Waals surface area contributed by atoms with Crippen molar-refractivity contribution in [2.75, 3.05) is 13.1 Å². The summed E-state index contributed by atoms with van der Waals surface area (Å²) in [5.41, 5.74) is 0.933. The van der Waals surface area contributed by atoms with Gasteiger partial charge >= 0.3 is 0 Å². The predicted octanol–water partition coefficient (Wildman–Crippen LogP) is 2.34. The maximum Gasteiger partial charge on any atom is 0.252 e. The van der Waals surface area contributed by atoms with Crippen LogP contribution in [0.5, 0.6) is 0 Å². The number of piperidine rings is 1. The van der Waals surface area contributed by atoms with E-state index in [-0.39, 0.29) is 24.5 Å². The van der Waals surface area contributed by atoms with Crippen LogP contribution in [0, 0.1) is 0 Å². The number of hydrogen-bond donors (Lipinski definition) is 0. The molecule has 0 bridgehead atoms. The van der Waals surface area contributed by atoms with Crippen molar-refractivity contribution in [3.8, 4) is 0 Å². The van der Waals surface area contributed by atoms with Crippen molar-refractivity contribution < 1.29 is 14.1 Å². The molecule has 0 aromatic carbocycles. The first-order valence-corrected chi connectivity index (χ1v) is 8.72. The summed E-state index contributed by atoms with van der Waals surface area (Å²) >= 11 is 0. The first-order valence-electron chi connectivity index (χ1n) is 8.72. The van der Waals surface area contributed by atoms with Crippen LogP contribution in [0.3, 0.4) is 0 Å². The van der Waals surface area contributed by atoms with Crippen molar-refractivity contribution in [3.05, 3.63) is 41.8 Å². The fourth-order valence-corrected chi connectivity index (χ4v) is 2.84. The standard InChI is InChI=1S/C18H24N4O3/c1-13(2)18-20-16(25-21-18)12-24-15-6-4-8-22(11-15)17(23)9-14-5-3-7-19-10-14/h3,5,7,10,13,15H,4,6,8-9,11-12H2,1-2H3/t15-/m1/s1. The molecular weight excluding hydrogens is 320 g/mol. The molecule has 7 heteroatoms. The third-order valence-electron chi connectivity index (χ3n) is 4.25. The molecule has 1 fully saturated rings. The van der Waals surface area contributed by atoms with Crippen LogP contribution >= 0.6 is 0 Å². The Balaban J connectivity index is 1.49. The van der Waals surface area contributed by atoms with Crippen LogP contribution in [0.1, 0.15) is 49.9 Å². The van der Waals surface area contributed by atoms with Gasteiger partial charge in [0.05, 0.1) is 12.5 Å². The second kappa shape index (κ2) is 8.20. The molecule has 0 aliphatic carbocycles. The Hall–Kier alpha value is -2.28. The van der Waals surface area contributed by atoms with E-state index in [1.54, 1.807) is 12.4 Å². The molecule has 1 saturated heterocycles. The van der Waals surface area contributed by atoms with E-state index < -0.39 is 0 Å². The Morgan fingerprint density at radius 2 is 2.36 bits per heavy atom. The van der Waals surface area contributed by atoms with Crippen molar-refractivity contribution in [3.63, 3.8) is 0 Å². The summed E-state index contributed by atoms with van der Waals surface area (Å²) in [7, 11) is 0. The number of amides is 1. The molecule has 1 amide bonds. The van der Waals surface area contributed by atoms with Crippen LogP contribution in [0.25, 0.3) is 0 Å². The van der Waals surface area contributed by atoms with E-state index in [0.29, 0.717) is 24.7 Å². The van der Waals surface area contributed by atoms with Gasteiger partial charge in [0, 0.05) is 31.4 Å². The number of ether oxygens (including phenoxy) is 1. The first-order chi connectivity index (χ1) is 12.1. The Morgan fingerprint density at radius 3 is 3.08 bits per heavy atom. The number of carbonyl (C=O) groups is 1. The highest BCUT2D eigenvalue weighted by atomic mass is 16.5. The molecule has 7 nitrogen and oxygen atoms in total. The minimum atomic E-state index is 0.000924. The number of pyridine rings is 1. The predicted molar refractivity (Wildman–Crippen MR) is 90.7 cm³/mol. The lowest BCUT2D eigenvalue weighted by molar-refractivity contribution is -0.135. The summed E-state index contributed by atoms with van der Waals surface area (Å²) in [5.74, 6) is 1.52. The van der Waals surface area contributed by atoms with E-state index in [4.69, 9.17) is 9.26 Å². The normalized spacial score (nSPS) is 17.9. The average Bonchev–Trinajstić information content (AvgIpc) is 3.10. The smallest absolute Gasteiger partial charge is 0.252 e. The molecule has 1 aliphatic rings. The molecule has 1 aliphatic heterocycles. The molecule has 0 unspecified atom stereocenters. The molecular formula is C18H24N4O3. The Kier molecular flexibility index (Phi) is 5.75. The summed E-state index contributed by atoms with van der Waals surface area (Å²) in [6, 6.07) is 3.77. The minimum Gasteiger partial charge on any atom is -0.367 e. The van der Waals surface area contributed by atoms with Gasteiger partial charge in [-0.25, -0.2) is 0 Å². The molecule has 134 valence electrons. The van der Waals surface area contributed by atoms with Gasteiger partial charge in [0.25, 0.3) is 5.89 Å². The summed E-state index contributed by atoms with van der Waals surface area (Å²) in [5, 5.41) is 3.93. The molecule has 25 heavy (non-hydrogen) atoms. The van der Waals surface area contributed by atoms with Gasteiger partial charge in [0.15, 0.2) is 5.82 Å². The van der Waals surface area contributed by atoms with Gasteiger partial charge in [0.1, 0.15) is 6.61 Å². The molecule has 2 aromatic heterocycles. The SMILES string of the molecule is CC(C)c1noc(CO[C@@H]2CCCN(C(=O)Cc3cccnc3)C2)n1. The van der Waals surface area contributed by atoms with Gasteiger partial charge in [-0.2, -0.15) is 4.98 Å². The number of nitrogens with zero attached hydrogens (tertiary/aromatic N) is 4. The molecule has 0 saturated carbocycles. The van der Waals surface area contributed by atoms with Gasteiger partial charge in [-0.05, 0) is 24.5 Å². The second-order valence-electron chi connectivity index (χ2n) is 6.65. The lowest BCUT2D eigenvalue weighted by atomic mass is 10.1. The average molecular weight is 344 g/mol. The van der Waals surface area contributed by atoms with Gasteiger partial charge in [-0.15, -0.1) is 0 Å². The highest BCUT2D eigenvalue weighted by Gasteiger charge is 2.25. The van der Waals surface area contributed by atoms with Gasteiger partial charge in [0.2, 0.25) is 5.91 Å². The Morgan fingerprint density at radius 1 is 1.48 bits per heavy atom. The summed E-state index contributed by atoms with van der Waals surface area (Å²) in [4.78, 5) is 22.7. The topological polar surface area (TPSA) is 81.4 Å². The van der Waals surface area contributed by atoms with Crippen LogP contribution in [0.15, 0.2) is 29.0 Å². The van der Waals surface area contributed by atoms with E-state index in [0.717, 1.165) is 24.9 Å². The first kappa shape index (κ1) is 17.5. The van der Waals surface area contributed by atoms with E-state index in [9.17, 15) is 4.79 Å². The zero-order valence-electron chi connectivity index (χ0n) is 14.7. The zero-order chi connectivity index (χ0) is 17.6. The van der Waals surface area contributed by atoms with Crippen molar-refractivity contribution in [2.24, 2.45) is 0 Å². The number of carbonyl (C=O) groups excluding carboxylic acids is 1. The maximum atomic E-state index is 12.5. The molecule has 2 aromatic rings. The second-order valence-corrected chi connectivity index (χ2v) is 6.65. The largest absolute Gasteiger partial charge is 0.367 e. The molecule has 0 spiro atoms.